The minimum absolute atomic E-state index is 0.122. The molecule has 2 aromatic heterocycles. The second kappa shape index (κ2) is 10.7. The van der Waals surface area contributed by atoms with E-state index in [-0.39, 0.29) is 5.41 Å². The highest BCUT2D eigenvalue weighted by molar-refractivity contribution is 6.19. The minimum atomic E-state index is -0.122. The first-order valence-electron chi connectivity index (χ1n) is 17.9. The van der Waals surface area contributed by atoms with E-state index in [1.54, 1.807) is 0 Å². The summed E-state index contributed by atoms with van der Waals surface area (Å²) in [5.74, 6) is 0. The zero-order valence-corrected chi connectivity index (χ0v) is 28.9. The zero-order valence-electron chi connectivity index (χ0n) is 28.9. The lowest BCUT2D eigenvalue weighted by atomic mass is 9.82. The van der Waals surface area contributed by atoms with E-state index in [0.717, 1.165) is 77.5 Å². The fraction of sp³-hybridized carbons (Fsp3) is 0.0612. The highest BCUT2D eigenvalue weighted by Crippen LogP contribution is 2.51. The smallest absolute Gasteiger partial charge is 0.143 e. The molecule has 0 saturated carbocycles. The van der Waals surface area contributed by atoms with E-state index < -0.39 is 0 Å². The first-order chi connectivity index (χ1) is 25.5. The molecule has 0 atom stereocenters. The van der Waals surface area contributed by atoms with Gasteiger partial charge in [0.25, 0.3) is 0 Å². The number of benzene rings is 8. The summed E-state index contributed by atoms with van der Waals surface area (Å²) in [6.07, 6.45) is 0. The van der Waals surface area contributed by atoms with Crippen molar-refractivity contribution in [1.29, 1.82) is 0 Å². The quantitative estimate of drug-likeness (QED) is 0.187. The fourth-order valence-corrected chi connectivity index (χ4v) is 8.79. The van der Waals surface area contributed by atoms with Crippen molar-refractivity contribution in [2.45, 2.75) is 19.3 Å². The van der Waals surface area contributed by atoms with Crippen LogP contribution in [0.25, 0.3) is 76.9 Å². The summed E-state index contributed by atoms with van der Waals surface area (Å²) in [7, 11) is 0. The topological polar surface area (TPSA) is 29.5 Å². The molecule has 3 nitrogen and oxygen atoms in total. The molecular weight excluding hydrogens is 635 g/mol. The first kappa shape index (κ1) is 29.2. The highest BCUT2D eigenvalue weighted by Gasteiger charge is 2.36. The van der Waals surface area contributed by atoms with Crippen molar-refractivity contribution in [2.75, 3.05) is 4.90 Å². The van der Waals surface area contributed by atoms with Crippen LogP contribution in [0.15, 0.2) is 173 Å². The molecule has 1 aliphatic rings. The normalized spacial score (nSPS) is 13.3. The number of anilines is 3. The van der Waals surface area contributed by atoms with E-state index in [0.29, 0.717) is 0 Å². The molecule has 8 aromatic carbocycles. The van der Waals surface area contributed by atoms with Gasteiger partial charge in [-0.3, -0.25) is 0 Å². The van der Waals surface area contributed by atoms with E-state index in [1.807, 2.05) is 6.07 Å². The maximum Gasteiger partial charge on any atom is 0.143 e. The van der Waals surface area contributed by atoms with Crippen LogP contribution in [-0.2, 0) is 5.41 Å². The molecule has 3 heteroatoms. The highest BCUT2D eigenvalue weighted by atomic mass is 16.3. The van der Waals surface area contributed by atoms with E-state index >= 15 is 0 Å². The molecular formula is C49H33NO2. The van der Waals surface area contributed by atoms with Gasteiger partial charge in [0.15, 0.2) is 0 Å². The minimum Gasteiger partial charge on any atom is -0.456 e. The summed E-state index contributed by atoms with van der Waals surface area (Å²) >= 11 is 0. The Kier molecular flexibility index (Phi) is 6.01. The summed E-state index contributed by atoms with van der Waals surface area (Å²) in [6.45, 7) is 4.68. The van der Waals surface area contributed by atoms with Crippen molar-refractivity contribution in [2.24, 2.45) is 0 Å². The molecule has 0 fully saturated rings. The van der Waals surface area contributed by atoms with Gasteiger partial charge < -0.3 is 13.7 Å². The van der Waals surface area contributed by atoms with Gasteiger partial charge in [0.2, 0.25) is 0 Å². The van der Waals surface area contributed by atoms with Crippen LogP contribution in [0.5, 0.6) is 0 Å². The maximum absolute atomic E-state index is 6.53. The fourth-order valence-electron chi connectivity index (χ4n) is 8.79. The number of rotatable bonds is 4. The number of fused-ring (bicyclic) bond motifs is 11. The summed E-state index contributed by atoms with van der Waals surface area (Å²) in [5.41, 5.74) is 14.4. The van der Waals surface area contributed by atoms with E-state index in [9.17, 15) is 0 Å². The average molecular weight is 668 g/mol. The Hall–Kier alpha value is -6.58. The number of hydrogen-bond donors (Lipinski definition) is 0. The van der Waals surface area contributed by atoms with E-state index in [2.05, 4.69) is 176 Å². The Morgan fingerprint density at radius 3 is 2.00 bits per heavy atom. The van der Waals surface area contributed by atoms with Gasteiger partial charge in [-0.25, -0.2) is 0 Å². The lowest BCUT2D eigenvalue weighted by Crippen LogP contribution is -2.16. The molecule has 11 rings (SSSR count). The molecule has 0 aliphatic heterocycles. The predicted octanol–water partition coefficient (Wildman–Crippen LogP) is 14.1. The van der Waals surface area contributed by atoms with Gasteiger partial charge in [-0.1, -0.05) is 123 Å². The maximum atomic E-state index is 6.53. The molecule has 0 unspecified atom stereocenters. The van der Waals surface area contributed by atoms with Crippen LogP contribution in [0.1, 0.15) is 25.0 Å². The van der Waals surface area contributed by atoms with Crippen LogP contribution in [-0.4, -0.2) is 0 Å². The summed E-state index contributed by atoms with van der Waals surface area (Å²) in [5, 5.41) is 6.80. The van der Waals surface area contributed by atoms with Crippen LogP contribution in [0, 0.1) is 0 Å². The second-order valence-corrected chi connectivity index (χ2v) is 14.5. The molecule has 0 N–H and O–H groups in total. The molecule has 0 saturated heterocycles. The predicted molar refractivity (Wildman–Crippen MR) is 216 cm³/mol. The molecule has 52 heavy (non-hydrogen) atoms. The van der Waals surface area contributed by atoms with Crippen molar-refractivity contribution in [3.8, 4) is 22.3 Å². The SMILES string of the molecule is CC1(C)c2ccccc2-c2ccc(N(c3ccc(-c4cccc5oc6c7ccccc7ccc6c45)cc3)c3cccc4oc5ccccc5c34)cc21. The first-order valence-corrected chi connectivity index (χ1v) is 17.9. The molecule has 1 aliphatic carbocycles. The van der Waals surface area contributed by atoms with Crippen molar-refractivity contribution in [1.82, 2.24) is 0 Å². The van der Waals surface area contributed by atoms with Gasteiger partial charge in [-0.2, -0.15) is 0 Å². The Labute approximate surface area is 301 Å². The van der Waals surface area contributed by atoms with E-state index in [4.69, 9.17) is 8.83 Å². The van der Waals surface area contributed by atoms with Crippen LogP contribution in [0.3, 0.4) is 0 Å². The number of para-hydroxylation sites is 1. The number of hydrogen-bond acceptors (Lipinski definition) is 3. The van der Waals surface area contributed by atoms with Gasteiger partial charge in [0.05, 0.1) is 11.1 Å². The van der Waals surface area contributed by atoms with Crippen molar-refractivity contribution in [3.63, 3.8) is 0 Å². The third-order valence-corrected chi connectivity index (χ3v) is 11.3. The second-order valence-electron chi connectivity index (χ2n) is 14.5. The van der Waals surface area contributed by atoms with Crippen LogP contribution < -0.4 is 4.90 Å². The standard InChI is InChI=1S/C49H33NO2/c1-49(2)40-16-7-5-13-36(40)37-28-26-33(29-41(37)49)50(42-17-10-20-45-47(42)38-14-6-8-18-43(38)51-45)32-24-21-31(22-25-32)34-15-9-19-44-46(34)39-27-23-30-11-3-4-12-35(30)48(39)52-44/h3-29H,1-2H3. The van der Waals surface area contributed by atoms with Gasteiger partial charge in [-0.15, -0.1) is 0 Å². The lowest BCUT2D eigenvalue weighted by molar-refractivity contribution is 0.660. The Bertz CT molecular complexity index is 3050. The molecule has 10 aromatic rings. The molecule has 0 amide bonds. The summed E-state index contributed by atoms with van der Waals surface area (Å²) < 4.78 is 12.9. The molecule has 0 spiro atoms. The molecule has 246 valence electrons. The average Bonchev–Trinajstić information content (AvgIpc) is 3.84. The van der Waals surface area contributed by atoms with Crippen LogP contribution >= 0.6 is 0 Å². The monoisotopic (exact) mass is 667 g/mol. The Balaban J connectivity index is 1.11. The van der Waals surface area contributed by atoms with Gasteiger partial charge >= 0.3 is 0 Å². The van der Waals surface area contributed by atoms with Crippen molar-refractivity contribution < 1.29 is 8.83 Å². The van der Waals surface area contributed by atoms with Crippen molar-refractivity contribution in [3.05, 3.63) is 175 Å². The zero-order chi connectivity index (χ0) is 34.6. The lowest BCUT2D eigenvalue weighted by Gasteiger charge is -2.28. The molecule has 0 bridgehead atoms. The van der Waals surface area contributed by atoms with Gasteiger partial charge in [0.1, 0.15) is 22.3 Å². The third kappa shape index (κ3) is 4.08. The van der Waals surface area contributed by atoms with E-state index in [1.165, 1.54) is 27.6 Å². The van der Waals surface area contributed by atoms with Crippen molar-refractivity contribution >= 4 is 71.7 Å². The van der Waals surface area contributed by atoms with Crippen LogP contribution in [0.4, 0.5) is 17.1 Å². The molecule has 0 radical (unpaired) electrons. The molecule has 2 heterocycles. The summed E-state index contributed by atoms with van der Waals surface area (Å²) in [4.78, 5) is 2.40. The summed E-state index contributed by atoms with van der Waals surface area (Å²) in [6, 6.07) is 58.7. The third-order valence-electron chi connectivity index (χ3n) is 11.3. The largest absolute Gasteiger partial charge is 0.456 e. The number of furan rings is 2. The van der Waals surface area contributed by atoms with Crippen LogP contribution in [0.2, 0.25) is 0 Å². The van der Waals surface area contributed by atoms with Gasteiger partial charge in [-0.05, 0) is 93.4 Å². The van der Waals surface area contributed by atoms with Gasteiger partial charge in [0, 0.05) is 38.3 Å². The Morgan fingerprint density at radius 1 is 0.442 bits per heavy atom. The Morgan fingerprint density at radius 2 is 1.12 bits per heavy atom. The number of nitrogens with zero attached hydrogens (tertiary/aromatic N) is 1.